The molecule has 0 aliphatic carbocycles. The maximum atomic E-state index is 11.9. The molecule has 0 saturated heterocycles. The van der Waals surface area contributed by atoms with Gasteiger partial charge in [-0.2, -0.15) is 0 Å². The zero-order valence-corrected chi connectivity index (χ0v) is 12.4. The van der Waals surface area contributed by atoms with Crippen molar-refractivity contribution in [3.8, 4) is 0 Å². The Morgan fingerprint density at radius 1 is 1.48 bits per heavy atom. The van der Waals surface area contributed by atoms with Gasteiger partial charge in [0.2, 0.25) is 0 Å². The molecule has 0 bridgehead atoms. The third-order valence-electron chi connectivity index (χ3n) is 2.83. The van der Waals surface area contributed by atoms with E-state index < -0.39 is 17.7 Å². The number of fused-ring (bicyclic) bond motifs is 1. The first-order chi connectivity index (χ1) is 9.90. The number of amides is 1. The molecule has 6 heteroatoms. The number of rotatable bonds is 4. The number of alkyl carbamates (subject to hydrolysis) is 1. The molecule has 6 nitrogen and oxygen atoms in total. The van der Waals surface area contributed by atoms with Gasteiger partial charge in [-0.25, -0.2) is 9.78 Å². The molecular formula is C15H19N3O3. The second-order valence-corrected chi connectivity index (χ2v) is 5.71. The Morgan fingerprint density at radius 3 is 2.90 bits per heavy atom. The van der Waals surface area contributed by atoms with E-state index in [1.165, 1.54) is 0 Å². The SMILES string of the molecule is CC(C)(C)OC(=O)N[C@H](CC=O)c1cnc2ccccn12. The van der Waals surface area contributed by atoms with E-state index in [0.29, 0.717) is 0 Å². The van der Waals surface area contributed by atoms with Crippen LogP contribution in [0.1, 0.15) is 38.9 Å². The standard InChI is InChI=1S/C15H19N3O3/c1-15(2,3)21-14(20)17-11(7-9-19)12-10-16-13-6-4-5-8-18(12)13/h4-6,8-11H,7H2,1-3H3,(H,17,20)/t11-/m1/s1. The van der Waals surface area contributed by atoms with Gasteiger partial charge >= 0.3 is 6.09 Å². The summed E-state index contributed by atoms with van der Waals surface area (Å²) in [4.78, 5) is 27.0. The van der Waals surface area contributed by atoms with Gasteiger partial charge < -0.3 is 19.2 Å². The predicted molar refractivity (Wildman–Crippen MR) is 78.0 cm³/mol. The minimum atomic E-state index is -0.588. The number of imidazole rings is 1. The lowest BCUT2D eigenvalue weighted by Gasteiger charge is -2.22. The van der Waals surface area contributed by atoms with Crippen molar-refractivity contribution in [2.24, 2.45) is 0 Å². The summed E-state index contributed by atoms with van der Waals surface area (Å²) in [6.07, 6.45) is 3.86. The molecule has 1 amide bonds. The Balaban J connectivity index is 2.23. The number of ether oxygens (including phenoxy) is 1. The fraction of sp³-hybridized carbons (Fsp3) is 0.400. The van der Waals surface area contributed by atoms with Crippen LogP contribution >= 0.6 is 0 Å². The number of hydrogen-bond acceptors (Lipinski definition) is 4. The molecule has 1 N–H and O–H groups in total. The molecule has 2 heterocycles. The molecule has 2 rings (SSSR count). The second kappa shape index (κ2) is 5.95. The van der Waals surface area contributed by atoms with Crippen LogP contribution < -0.4 is 5.32 Å². The minimum absolute atomic E-state index is 0.155. The summed E-state index contributed by atoms with van der Waals surface area (Å²) in [5, 5.41) is 2.72. The van der Waals surface area contributed by atoms with Crippen molar-refractivity contribution in [3.05, 3.63) is 36.3 Å². The monoisotopic (exact) mass is 289 g/mol. The zero-order chi connectivity index (χ0) is 15.5. The lowest BCUT2D eigenvalue weighted by molar-refractivity contribution is -0.108. The van der Waals surface area contributed by atoms with Crippen LogP contribution in [0.5, 0.6) is 0 Å². The van der Waals surface area contributed by atoms with Gasteiger partial charge in [-0.1, -0.05) is 6.07 Å². The van der Waals surface area contributed by atoms with Crippen molar-refractivity contribution in [3.63, 3.8) is 0 Å². The van der Waals surface area contributed by atoms with Gasteiger partial charge in [0, 0.05) is 12.6 Å². The molecule has 21 heavy (non-hydrogen) atoms. The van der Waals surface area contributed by atoms with Crippen molar-refractivity contribution in [2.45, 2.75) is 38.8 Å². The van der Waals surface area contributed by atoms with Crippen molar-refractivity contribution in [1.82, 2.24) is 14.7 Å². The first-order valence-electron chi connectivity index (χ1n) is 6.76. The molecule has 0 aromatic carbocycles. The Labute approximate surface area is 123 Å². The number of carbonyl (C=O) groups excluding carboxylic acids is 2. The van der Waals surface area contributed by atoms with E-state index in [2.05, 4.69) is 10.3 Å². The van der Waals surface area contributed by atoms with Gasteiger partial charge in [0.05, 0.1) is 17.9 Å². The summed E-state index contributed by atoms with van der Waals surface area (Å²) in [7, 11) is 0. The molecule has 0 aliphatic rings. The fourth-order valence-electron chi connectivity index (χ4n) is 2.01. The summed E-state index contributed by atoms with van der Waals surface area (Å²) in [6.45, 7) is 5.36. The van der Waals surface area contributed by atoms with Crippen molar-refractivity contribution in [2.75, 3.05) is 0 Å². The van der Waals surface area contributed by atoms with Gasteiger partial charge in [0.15, 0.2) is 0 Å². The van der Waals surface area contributed by atoms with Crippen LogP contribution in [-0.4, -0.2) is 27.4 Å². The number of nitrogens with one attached hydrogen (secondary N) is 1. The number of carbonyl (C=O) groups is 2. The normalized spacial score (nSPS) is 12.9. The molecular weight excluding hydrogens is 270 g/mol. The van der Waals surface area contributed by atoms with E-state index in [4.69, 9.17) is 4.74 Å². The summed E-state index contributed by atoms with van der Waals surface area (Å²) >= 11 is 0. The molecule has 1 atom stereocenters. The third kappa shape index (κ3) is 3.81. The summed E-state index contributed by atoms with van der Waals surface area (Å²) in [6, 6.07) is 5.12. The van der Waals surface area contributed by atoms with Crippen LogP contribution in [0.15, 0.2) is 30.6 Å². The minimum Gasteiger partial charge on any atom is -0.444 e. The molecule has 2 aromatic rings. The van der Waals surface area contributed by atoms with Crippen LogP contribution in [0.4, 0.5) is 4.79 Å². The number of aromatic nitrogens is 2. The highest BCUT2D eigenvalue weighted by atomic mass is 16.6. The zero-order valence-electron chi connectivity index (χ0n) is 12.4. The Morgan fingerprint density at radius 2 is 2.24 bits per heavy atom. The number of pyridine rings is 1. The molecule has 2 aromatic heterocycles. The van der Waals surface area contributed by atoms with Gasteiger partial charge in [0.1, 0.15) is 17.5 Å². The van der Waals surface area contributed by atoms with E-state index in [1.54, 1.807) is 27.0 Å². The maximum Gasteiger partial charge on any atom is 0.408 e. The highest BCUT2D eigenvalue weighted by molar-refractivity contribution is 5.69. The molecule has 112 valence electrons. The van der Waals surface area contributed by atoms with E-state index in [-0.39, 0.29) is 6.42 Å². The molecule has 0 spiro atoms. The van der Waals surface area contributed by atoms with Gasteiger partial charge in [-0.15, -0.1) is 0 Å². The van der Waals surface area contributed by atoms with Crippen molar-refractivity contribution >= 4 is 18.0 Å². The van der Waals surface area contributed by atoms with E-state index >= 15 is 0 Å². The molecule has 0 radical (unpaired) electrons. The van der Waals surface area contributed by atoms with E-state index in [1.807, 2.05) is 28.8 Å². The first-order valence-corrected chi connectivity index (χ1v) is 6.76. The number of aldehydes is 1. The predicted octanol–water partition coefficient (Wildman–Crippen LogP) is 2.49. The lowest BCUT2D eigenvalue weighted by atomic mass is 10.1. The van der Waals surface area contributed by atoms with Crippen molar-refractivity contribution in [1.29, 1.82) is 0 Å². The summed E-state index contributed by atoms with van der Waals surface area (Å²) < 4.78 is 7.07. The fourth-order valence-corrected chi connectivity index (χ4v) is 2.01. The van der Waals surface area contributed by atoms with E-state index in [9.17, 15) is 9.59 Å². The second-order valence-electron chi connectivity index (χ2n) is 5.71. The quantitative estimate of drug-likeness (QED) is 0.878. The first kappa shape index (κ1) is 15.0. The average molecular weight is 289 g/mol. The average Bonchev–Trinajstić information content (AvgIpc) is 2.79. The molecule has 0 aliphatic heterocycles. The summed E-state index contributed by atoms with van der Waals surface area (Å²) in [5.41, 5.74) is 0.910. The third-order valence-corrected chi connectivity index (χ3v) is 2.83. The van der Waals surface area contributed by atoms with Crippen molar-refractivity contribution < 1.29 is 14.3 Å². The summed E-state index contributed by atoms with van der Waals surface area (Å²) in [5.74, 6) is 0. The van der Waals surface area contributed by atoms with Gasteiger partial charge in [0.25, 0.3) is 0 Å². The molecule has 0 saturated carbocycles. The topological polar surface area (TPSA) is 72.7 Å². The van der Waals surface area contributed by atoms with Crippen LogP contribution in [0.25, 0.3) is 5.65 Å². The maximum absolute atomic E-state index is 11.9. The van der Waals surface area contributed by atoms with Crippen LogP contribution in [0.2, 0.25) is 0 Å². The van der Waals surface area contributed by atoms with Gasteiger partial charge in [-0.05, 0) is 32.9 Å². The van der Waals surface area contributed by atoms with Crippen LogP contribution in [-0.2, 0) is 9.53 Å². The Bertz CT molecular complexity index is 643. The lowest BCUT2D eigenvalue weighted by Crippen LogP contribution is -2.35. The van der Waals surface area contributed by atoms with E-state index in [0.717, 1.165) is 17.6 Å². The number of hydrogen-bond donors (Lipinski definition) is 1. The largest absolute Gasteiger partial charge is 0.444 e. The highest BCUT2D eigenvalue weighted by Crippen LogP contribution is 2.18. The van der Waals surface area contributed by atoms with Crippen LogP contribution in [0, 0.1) is 0 Å². The molecule has 0 fully saturated rings. The Hall–Kier alpha value is -2.37. The van der Waals surface area contributed by atoms with Crippen LogP contribution in [0.3, 0.4) is 0 Å². The molecule has 0 unspecified atom stereocenters. The highest BCUT2D eigenvalue weighted by Gasteiger charge is 2.22. The Kier molecular flexibility index (Phi) is 4.26. The number of nitrogens with zero attached hydrogens (tertiary/aromatic N) is 2. The smallest absolute Gasteiger partial charge is 0.408 e. The van der Waals surface area contributed by atoms with Gasteiger partial charge in [-0.3, -0.25) is 0 Å².